The van der Waals surface area contributed by atoms with E-state index in [0.717, 1.165) is 38.1 Å². The molecule has 198 valence electrons. The summed E-state index contributed by atoms with van der Waals surface area (Å²) >= 11 is 6.24. The van der Waals surface area contributed by atoms with E-state index in [4.69, 9.17) is 25.5 Å². The molecule has 1 aliphatic heterocycles. The van der Waals surface area contributed by atoms with Gasteiger partial charge in [0.2, 0.25) is 12.0 Å². The number of oxazole rings is 1. The second-order valence-corrected chi connectivity index (χ2v) is 9.40. The average molecular weight is 545 g/mol. The van der Waals surface area contributed by atoms with Crippen LogP contribution in [0.4, 0.5) is 13.2 Å². The van der Waals surface area contributed by atoms with Crippen LogP contribution in [0.3, 0.4) is 0 Å². The average Bonchev–Trinajstić information content (AvgIpc) is 3.57. The molecule has 0 saturated carbocycles. The highest BCUT2D eigenvalue weighted by Crippen LogP contribution is 2.38. The van der Waals surface area contributed by atoms with E-state index in [0.29, 0.717) is 28.2 Å². The molecule has 2 heterocycles. The fourth-order valence-corrected chi connectivity index (χ4v) is 4.55. The Morgan fingerprint density at radius 2 is 1.84 bits per heavy atom. The number of ether oxygens (including phenoxy) is 2. The van der Waals surface area contributed by atoms with E-state index in [-0.39, 0.29) is 23.8 Å². The maximum Gasteiger partial charge on any atom is 0.416 e. The van der Waals surface area contributed by atoms with Crippen molar-refractivity contribution in [3.63, 3.8) is 0 Å². The first-order valence-corrected chi connectivity index (χ1v) is 12.5. The molecule has 3 aromatic carbocycles. The molecule has 1 atom stereocenters. The predicted octanol–water partition coefficient (Wildman–Crippen LogP) is 6.93. The van der Waals surface area contributed by atoms with E-state index < -0.39 is 23.8 Å². The van der Waals surface area contributed by atoms with Crippen LogP contribution in [0.25, 0.3) is 22.6 Å². The van der Waals surface area contributed by atoms with Crippen molar-refractivity contribution in [1.29, 1.82) is 0 Å². The number of hydrogen-bond donors (Lipinski definition) is 0. The third kappa shape index (κ3) is 5.95. The molecule has 1 aliphatic rings. The molecule has 38 heavy (non-hydrogen) atoms. The smallest absolute Gasteiger partial charge is 0.416 e. The highest BCUT2D eigenvalue weighted by Gasteiger charge is 2.33. The summed E-state index contributed by atoms with van der Waals surface area (Å²) < 4.78 is 57.8. The van der Waals surface area contributed by atoms with E-state index in [2.05, 4.69) is 9.88 Å². The summed E-state index contributed by atoms with van der Waals surface area (Å²) in [6.07, 6.45) is -3.90. The van der Waals surface area contributed by atoms with Gasteiger partial charge in [-0.05, 0) is 68.4 Å². The van der Waals surface area contributed by atoms with Crippen molar-refractivity contribution in [2.75, 3.05) is 26.2 Å². The van der Waals surface area contributed by atoms with Gasteiger partial charge in [0.1, 0.15) is 17.9 Å². The van der Waals surface area contributed by atoms with Gasteiger partial charge in [0, 0.05) is 17.1 Å². The van der Waals surface area contributed by atoms with E-state index in [1.165, 1.54) is 18.2 Å². The summed E-state index contributed by atoms with van der Waals surface area (Å²) in [5, 5.41) is 0.360. The molecule has 0 bridgehead atoms. The van der Waals surface area contributed by atoms with Crippen LogP contribution in [0.5, 0.6) is 5.75 Å². The molecule has 10 heteroatoms. The van der Waals surface area contributed by atoms with Gasteiger partial charge in [-0.3, -0.25) is 4.90 Å². The molecule has 6 nitrogen and oxygen atoms in total. The first-order valence-electron chi connectivity index (χ1n) is 12.2. The van der Waals surface area contributed by atoms with E-state index in [1.54, 1.807) is 30.3 Å². The number of aromatic nitrogens is 1. The molecule has 1 saturated heterocycles. The Hall–Kier alpha value is -3.56. The van der Waals surface area contributed by atoms with Crippen molar-refractivity contribution in [1.82, 2.24) is 9.88 Å². The Labute approximate surface area is 221 Å². The lowest BCUT2D eigenvalue weighted by molar-refractivity contribution is -0.153. The topological polar surface area (TPSA) is 64.8 Å². The first kappa shape index (κ1) is 26.1. The molecular weight excluding hydrogens is 521 g/mol. The summed E-state index contributed by atoms with van der Waals surface area (Å²) in [6, 6.07) is 16.2. The zero-order chi connectivity index (χ0) is 26.7. The highest BCUT2D eigenvalue weighted by atomic mass is 35.5. The maximum absolute atomic E-state index is 13.5. The number of carbonyl (C=O) groups is 1. The Kier molecular flexibility index (Phi) is 7.58. The van der Waals surface area contributed by atoms with Crippen LogP contribution in [-0.2, 0) is 15.7 Å². The van der Waals surface area contributed by atoms with E-state index in [1.807, 2.05) is 6.07 Å². The number of benzene rings is 3. The predicted molar refractivity (Wildman–Crippen MR) is 136 cm³/mol. The van der Waals surface area contributed by atoms with Gasteiger partial charge in [0.05, 0.1) is 11.1 Å². The number of nitrogens with zero attached hydrogens (tertiary/aromatic N) is 2. The number of hydrogen-bond acceptors (Lipinski definition) is 6. The van der Waals surface area contributed by atoms with Crippen LogP contribution in [-0.4, -0.2) is 42.1 Å². The van der Waals surface area contributed by atoms with Gasteiger partial charge in [-0.15, -0.1) is 0 Å². The number of para-hydroxylation sites is 2. The molecule has 0 aliphatic carbocycles. The van der Waals surface area contributed by atoms with Gasteiger partial charge < -0.3 is 13.9 Å². The monoisotopic (exact) mass is 544 g/mol. The van der Waals surface area contributed by atoms with Crippen LogP contribution in [0, 0.1) is 0 Å². The summed E-state index contributed by atoms with van der Waals surface area (Å²) in [6.45, 7) is 2.47. The molecule has 0 radical (unpaired) electrons. The fraction of sp³-hybridized carbons (Fsp3) is 0.286. The Morgan fingerprint density at radius 3 is 2.61 bits per heavy atom. The normalized spacial score (nSPS) is 15.1. The molecule has 1 fully saturated rings. The van der Waals surface area contributed by atoms with Gasteiger partial charge in [-0.1, -0.05) is 35.9 Å². The maximum atomic E-state index is 13.5. The zero-order valence-corrected chi connectivity index (χ0v) is 21.0. The molecule has 0 amide bonds. The zero-order valence-electron chi connectivity index (χ0n) is 20.2. The molecule has 0 N–H and O–H groups in total. The van der Waals surface area contributed by atoms with Crippen molar-refractivity contribution in [2.24, 2.45) is 0 Å². The fourth-order valence-electron chi connectivity index (χ4n) is 4.37. The minimum absolute atomic E-state index is 0.00413. The molecule has 4 aromatic rings. The van der Waals surface area contributed by atoms with E-state index >= 15 is 0 Å². The Bertz CT molecular complexity index is 1400. The number of likely N-dealkylation sites (tertiary alicyclic amines) is 1. The van der Waals surface area contributed by atoms with Crippen LogP contribution in [0.1, 0.15) is 30.1 Å². The minimum atomic E-state index is -4.59. The second kappa shape index (κ2) is 11.0. The van der Waals surface area contributed by atoms with Gasteiger partial charge in [0.25, 0.3) is 0 Å². The highest BCUT2D eigenvalue weighted by molar-refractivity contribution is 6.30. The third-order valence-electron chi connectivity index (χ3n) is 6.29. The molecule has 5 rings (SSSR count). The van der Waals surface area contributed by atoms with Crippen molar-refractivity contribution < 1.29 is 31.9 Å². The quantitative estimate of drug-likeness (QED) is 0.224. The summed E-state index contributed by atoms with van der Waals surface area (Å²) in [5.41, 5.74) is 0.581. The van der Waals surface area contributed by atoms with Crippen molar-refractivity contribution in [3.8, 4) is 17.2 Å². The number of halogens is 4. The van der Waals surface area contributed by atoms with Gasteiger partial charge in [0.15, 0.2) is 5.58 Å². The Morgan fingerprint density at radius 1 is 1.05 bits per heavy atom. The number of rotatable bonds is 8. The lowest BCUT2D eigenvalue weighted by atomic mass is 10.1. The van der Waals surface area contributed by atoms with E-state index in [9.17, 15) is 18.0 Å². The van der Waals surface area contributed by atoms with Crippen LogP contribution < -0.4 is 4.74 Å². The molecular formula is C28H24ClF3N2O4. The van der Waals surface area contributed by atoms with Crippen LogP contribution >= 0.6 is 11.6 Å². The SMILES string of the molecule is O=C(OCCN1CCCC1)C(Oc1ccc(Cl)cc1-c1nc2ccccc2o1)c1cccc(C(F)(F)F)c1. The van der Waals surface area contributed by atoms with Crippen molar-refractivity contribution in [3.05, 3.63) is 82.9 Å². The molecule has 0 spiro atoms. The number of carbonyl (C=O) groups excluding carboxylic acids is 1. The first-order chi connectivity index (χ1) is 18.3. The van der Waals surface area contributed by atoms with Crippen LogP contribution in [0.15, 0.2) is 71.1 Å². The van der Waals surface area contributed by atoms with Crippen molar-refractivity contribution in [2.45, 2.75) is 25.1 Å². The second-order valence-electron chi connectivity index (χ2n) is 8.96. The summed E-state index contributed by atoms with van der Waals surface area (Å²) in [5.74, 6) is -0.462. The minimum Gasteiger partial charge on any atom is -0.473 e. The van der Waals surface area contributed by atoms with Crippen LogP contribution in [0.2, 0.25) is 5.02 Å². The van der Waals surface area contributed by atoms with Crippen molar-refractivity contribution >= 4 is 28.7 Å². The lowest BCUT2D eigenvalue weighted by Crippen LogP contribution is -2.28. The summed E-state index contributed by atoms with van der Waals surface area (Å²) in [7, 11) is 0. The lowest BCUT2D eigenvalue weighted by Gasteiger charge is -2.21. The standard InChI is InChI=1S/C28H24ClF3N2O4/c29-20-10-11-23(21(17-20)26-33-22-8-1-2-9-24(22)38-26)37-25(18-6-5-7-19(16-18)28(30,31)32)27(35)36-15-14-34-12-3-4-13-34/h1-2,5-11,16-17,25H,3-4,12-15H2. The summed E-state index contributed by atoms with van der Waals surface area (Å²) in [4.78, 5) is 19.9. The molecule has 1 aromatic heterocycles. The third-order valence-corrected chi connectivity index (χ3v) is 6.53. The van der Waals surface area contributed by atoms with Gasteiger partial charge in [-0.25, -0.2) is 9.78 Å². The molecule has 1 unspecified atom stereocenters. The number of alkyl halides is 3. The van der Waals surface area contributed by atoms with Gasteiger partial charge >= 0.3 is 12.1 Å². The number of esters is 1. The Balaban J connectivity index is 1.47. The number of fused-ring (bicyclic) bond motifs is 1. The largest absolute Gasteiger partial charge is 0.473 e. The van der Waals surface area contributed by atoms with Gasteiger partial charge in [-0.2, -0.15) is 13.2 Å².